The third-order valence-electron chi connectivity index (χ3n) is 10.7. The SMILES string of the molecule is c1ccc(-n2c3ccccc3c3ccc(N(c4ccc(-c5ccc6ccccc6c5)cc4)c4c5ccccc5cc5oc6ccccc6c45)cc32)cc1. The molecule has 3 nitrogen and oxygen atoms in total. The molecule has 248 valence electrons. The van der Waals surface area contributed by atoms with E-state index in [1.165, 1.54) is 38.2 Å². The smallest absolute Gasteiger partial charge is 0.138 e. The van der Waals surface area contributed by atoms with Gasteiger partial charge in [-0.1, -0.05) is 133 Å². The fourth-order valence-corrected chi connectivity index (χ4v) is 8.29. The molecule has 53 heavy (non-hydrogen) atoms. The molecule has 0 amide bonds. The van der Waals surface area contributed by atoms with Gasteiger partial charge < -0.3 is 13.9 Å². The number of rotatable bonds is 5. The monoisotopic (exact) mass is 676 g/mol. The molecule has 0 spiro atoms. The van der Waals surface area contributed by atoms with Gasteiger partial charge in [0.15, 0.2) is 0 Å². The van der Waals surface area contributed by atoms with Gasteiger partial charge >= 0.3 is 0 Å². The van der Waals surface area contributed by atoms with Gasteiger partial charge in [0.25, 0.3) is 0 Å². The lowest BCUT2D eigenvalue weighted by molar-refractivity contribution is 0.669. The highest BCUT2D eigenvalue weighted by Gasteiger charge is 2.24. The van der Waals surface area contributed by atoms with E-state index in [0.29, 0.717) is 0 Å². The van der Waals surface area contributed by atoms with Crippen LogP contribution in [0.25, 0.3) is 82.1 Å². The fourth-order valence-electron chi connectivity index (χ4n) is 8.29. The second-order valence-electron chi connectivity index (χ2n) is 13.8. The lowest BCUT2D eigenvalue weighted by Crippen LogP contribution is -2.11. The van der Waals surface area contributed by atoms with Gasteiger partial charge in [0.05, 0.1) is 22.1 Å². The Balaban J connectivity index is 1.20. The average Bonchev–Trinajstić information content (AvgIpc) is 3.76. The highest BCUT2D eigenvalue weighted by Crippen LogP contribution is 2.48. The van der Waals surface area contributed by atoms with Crippen molar-refractivity contribution < 1.29 is 4.42 Å². The van der Waals surface area contributed by atoms with Crippen molar-refractivity contribution in [2.75, 3.05) is 4.90 Å². The summed E-state index contributed by atoms with van der Waals surface area (Å²) in [4.78, 5) is 2.43. The summed E-state index contributed by atoms with van der Waals surface area (Å²) in [6.45, 7) is 0. The van der Waals surface area contributed by atoms with Gasteiger partial charge in [-0.05, 0) is 87.9 Å². The molecule has 0 atom stereocenters. The lowest BCUT2D eigenvalue weighted by atomic mass is 9.99. The molecule has 9 aromatic carbocycles. The van der Waals surface area contributed by atoms with Crippen molar-refractivity contribution in [2.24, 2.45) is 0 Å². The van der Waals surface area contributed by atoms with E-state index in [1.807, 2.05) is 6.07 Å². The van der Waals surface area contributed by atoms with Crippen LogP contribution in [0.1, 0.15) is 0 Å². The van der Waals surface area contributed by atoms with Crippen LogP contribution in [0.3, 0.4) is 0 Å². The number of fused-ring (bicyclic) bond motifs is 8. The van der Waals surface area contributed by atoms with Crippen LogP contribution in [0.2, 0.25) is 0 Å². The van der Waals surface area contributed by atoms with Crippen LogP contribution in [0.5, 0.6) is 0 Å². The molecule has 0 saturated carbocycles. The van der Waals surface area contributed by atoms with Crippen LogP contribution in [-0.2, 0) is 0 Å². The van der Waals surface area contributed by atoms with E-state index < -0.39 is 0 Å². The molecule has 0 aliphatic heterocycles. The maximum absolute atomic E-state index is 6.59. The molecule has 0 fully saturated rings. The molecule has 0 aliphatic carbocycles. The topological polar surface area (TPSA) is 21.3 Å². The maximum atomic E-state index is 6.59. The number of benzene rings is 9. The van der Waals surface area contributed by atoms with Crippen molar-refractivity contribution in [3.63, 3.8) is 0 Å². The van der Waals surface area contributed by atoms with E-state index in [2.05, 4.69) is 198 Å². The third kappa shape index (κ3) is 4.68. The van der Waals surface area contributed by atoms with Gasteiger partial charge in [-0.25, -0.2) is 0 Å². The molecule has 2 heterocycles. The normalized spacial score (nSPS) is 11.8. The Morgan fingerprint density at radius 3 is 1.87 bits per heavy atom. The van der Waals surface area contributed by atoms with E-state index in [9.17, 15) is 0 Å². The minimum atomic E-state index is 0.872. The summed E-state index contributed by atoms with van der Waals surface area (Å²) in [6.07, 6.45) is 0. The molecule has 0 bridgehead atoms. The zero-order valence-electron chi connectivity index (χ0n) is 28.8. The van der Waals surface area contributed by atoms with Gasteiger partial charge in [-0.15, -0.1) is 0 Å². The molecule has 0 saturated heterocycles. The van der Waals surface area contributed by atoms with Crippen LogP contribution in [0.15, 0.2) is 199 Å². The first-order valence-corrected chi connectivity index (χ1v) is 18.1. The van der Waals surface area contributed by atoms with Crippen molar-refractivity contribution in [2.45, 2.75) is 0 Å². The Morgan fingerprint density at radius 2 is 1.02 bits per heavy atom. The van der Waals surface area contributed by atoms with Gasteiger partial charge in [0.2, 0.25) is 0 Å². The highest BCUT2D eigenvalue weighted by molar-refractivity contribution is 6.22. The summed E-state index contributed by atoms with van der Waals surface area (Å²) in [6, 6.07) is 69.8. The van der Waals surface area contributed by atoms with Crippen molar-refractivity contribution in [3.05, 3.63) is 194 Å². The Labute approximate surface area is 306 Å². The van der Waals surface area contributed by atoms with E-state index in [1.54, 1.807) is 0 Å². The summed E-state index contributed by atoms with van der Waals surface area (Å²) in [5.41, 5.74) is 10.8. The molecule has 2 aromatic heterocycles. The first-order chi connectivity index (χ1) is 26.3. The van der Waals surface area contributed by atoms with Crippen LogP contribution in [0.4, 0.5) is 17.1 Å². The minimum Gasteiger partial charge on any atom is -0.456 e. The average molecular weight is 677 g/mol. The van der Waals surface area contributed by atoms with Crippen LogP contribution in [-0.4, -0.2) is 4.57 Å². The maximum Gasteiger partial charge on any atom is 0.138 e. The molecular weight excluding hydrogens is 645 g/mol. The predicted octanol–water partition coefficient (Wildman–Crippen LogP) is 14.1. The molecular formula is C50H32N2O. The second kappa shape index (κ2) is 11.7. The number of hydrogen-bond acceptors (Lipinski definition) is 2. The van der Waals surface area contributed by atoms with Crippen LogP contribution < -0.4 is 4.90 Å². The summed E-state index contributed by atoms with van der Waals surface area (Å²) in [5.74, 6) is 0. The minimum absolute atomic E-state index is 0.872. The molecule has 11 rings (SSSR count). The van der Waals surface area contributed by atoms with Gasteiger partial charge in [-0.2, -0.15) is 0 Å². The highest BCUT2D eigenvalue weighted by atomic mass is 16.3. The third-order valence-corrected chi connectivity index (χ3v) is 10.7. The van der Waals surface area contributed by atoms with Gasteiger partial charge in [-0.3, -0.25) is 0 Å². The summed E-state index contributed by atoms with van der Waals surface area (Å²) >= 11 is 0. The van der Waals surface area contributed by atoms with Crippen LogP contribution in [0, 0.1) is 0 Å². The number of anilines is 3. The Kier molecular flexibility index (Phi) is 6.55. The summed E-state index contributed by atoms with van der Waals surface area (Å²) < 4.78 is 8.98. The van der Waals surface area contributed by atoms with E-state index in [0.717, 1.165) is 61.0 Å². The molecule has 0 aliphatic rings. The Bertz CT molecular complexity index is 3170. The molecule has 0 N–H and O–H groups in total. The summed E-state index contributed by atoms with van der Waals surface area (Å²) in [7, 11) is 0. The van der Waals surface area contributed by atoms with Crippen LogP contribution >= 0.6 is 0 Å². The van der Waals surface area contributed by atoms with Gasteiger partial charge in [0, 0.05) is 38.6 Å². The fraction of sp³-hybridized carbons (Fsp3) is 0. The predicted molar refractivity (Wildman–Crippen MR) is 223 cm³/mol. The lowest BCUT2D eigenvalue weighted by Gasteiger charge is -2.28. The molecule has 0 radical (unpaired) electrons. The largest absolute Gasteiger partial charge is 0.456 e. The number of aromatic nitrogens is 1. The Hall–Kier alpha value is -7.10. The number of nitrogens with zero attached hydrogens (tertiary/aromatic N) is 2. The van der Waals surface area contributed by atoms with Gasteiger partial charge in [0.1, 0.15) is 11.2 Å². The first-order valence-electron chi connectivity index (χ1n) is 18.1. The zero-order valence-corrected chi connectivity index (χ0v) is 28.8. The first kappa shape index (κ1) is 29.6. The van der Waals surface area contributed by atoms with Crippen molar-refractivity contribution in [1.82, 2.24) is 4.57 Å². The zero-order chi connectivity index (χ0) is 34.9. The van der Waals surface area contributed by atoms with Crippen molar-refractivity contribution >= 4 is 82.4 Å². The quantitative estimate of drug-likeness (QED) is 0.181. The van der Waals surface area contributed by atoms with Crippen molar-refractivity contribution in [3.8, 4) is 16.8 Å². The van der Waals surface area contributed by atoms with Crippen molar-refractivity contribution in [1.29, 1.82) is 0 Å². The van der Waals surface area contributed by atoms with E-state index >= 15 is 0 Å². The number of para-hydroxylation sites is 3. The molecule has 11 aromatic rings. The molecule has 3 heteroatoms. The number of hydrogen-bond donors (Lipinski definition) is 0. The second-order valence-corrected chi connectivity index (χ2v) is 13.8. The number of furan rings is 1. The van der Waals surface area contributed by atoms with E-state index in [-0.39, 0.29) is 0 Å². The molecule has 0 unspecified atom stereocenters. The standard InChI is InChI=1S/C50H32N2O/c1-2-15-38(16-3-1)52-45-20-10-8-18-42(45)43-29-28-40(32-46(43)52)51(39-26-24-34(25-27-39)36-23-22-33-12-4-5-13-35(33)30-36)50-41-17-7-6-14-37(41)31-48-49(50)44-19-9-11-21-47(44)53-48/h1-32H. The Morgan fingerprint density at radius 1 is 0.377 bits per heavy atom. The summed E-state index contributed by atoms with van der Waals surface area (Å²) in [5, 5.41) is 9.42. The van der Waals surface area contributed by atoms with E-state index in [4.69, 9.17) is 4.42 Å².